The van der Waals surface area contributed by atoms with Crippen LogP contribution in [0.25, 0.3) is 81.5 Å². The molecule has 0 unspecified atom stereocenters. The number of nitrogens with zero attached hydrogens (tertiary/aromatic N) is 2. The molecule has 0 saturated heterocycles. The zero-order valence-corrected chi connectivity index (χ0v) is 29.6. The van der Waals surface area contributed by atoms with Crippen LogP contribution in [0.15, 0.2) is 170 Å². The maximum Gasteiger partial charge on any atom is 0.0782 e. The Balaban J connectivity index is 1.25. The van der Waals surface area contributed by atoms with Crippen molar-refractivity contribution in [3.63, 3.8) is 0 Å². The highest BCUT2D eigenvalue weighted by Gasteiger charge is 2.39. The van der Waals surface area contributed by atoms with Gasteiger partial charge in [0.15, 0.2) is 0 Å². The van der Waals surface area contributed by atoms with Gasteiger partial charge in [-0.15, -0.1) is 0 Å². The third-order valence-electron chi connectivity index (χ3n) is 12.2. The first kappa shape index (κ1) is 29.0. The third-order valence-corrected chi connectivity index (χ3v) is 12.2. The molecule has 0 saturated carbocycles. The predicted molar refractivity (Wildman–Crippen MR) is 226 cm³/mol. The Morgan fingerprint density at radius 1 is 0.396 bits per heavy atom. The maximum atomic E-state index is 2.57. The lowest BCUT2D eigenvalue weighted by Crippen LogP contribution is -2.21. The second kappa shape index (κ2) is 10.2. The summed E-state index contributed by atoms with van der Waals surface area (Å²) in [7, 11) is 0. The van der Waals surface area contributed by atoms with Gasteiger partial charge in [-0.05, 0) is 84.9 Å². The molecular formula is C51H34N2. The molecule has 0 atom stereocenters. The summed E-state index contributed by atoms with van der Waals surface area (Å²) in [6, 6.07) is 63.4. The summed E-state index contributed by atoms with van der Waals surface area (Å²) >= 11 is 0. The van der Waals surface area contributed by atoms with Gasteiger partial charge in [-0.25, -0.2) is 0 Å². The SMILES string of the molecule is CC1(C)c2ccccc2-c2cccc(N(c3ccc4c5ccccc5c5ccccc5c4c3)c3cccc4c5cccc6c7ccccc7n(c34)c65)c21. The Morgan fingerprint density at radius 3 is 1.66 bits per heavy atom. The van der Waals surface area contributed by atoms with Crippen LogP contribution in [0.4, 0.5) is 17.1 Å². The normalized spacial score (nSPS) is 13.6. The fourth-order valence-electron chi connectivity index (χ4n) is 10.1. The Kier molecular flexibility index (Phi) is 5.60. The fourth-order valence-corrected chi connectivity index (χ4v) is 10.1. The van der Waals surface area contributed by atoms with Crippen LogP contribution in [0.3, 0.4) is 0 Å². The van der Waals surface area contributed by atoms with Crippen molar-refractivity contribution < 1.29 is 0 Å². The van der Waals surface area contributed by atoms with E-state index in [1.54, 1.807) is 0 Å². The molecule has 2 heterocycles. The molecule has 9 aromatic carbocycles. The molecule has 0 aliphatic heterocycles. The molecular weight excluding hydrogens is 641 g/mol. The monoisotopic (exact) mass is 674 g/mol. The second-order valence-electron chi connectivity index (χ2n) is 15.3. The van der Waals surface area contributed by atoms with Crippen LogP contribution in [0, 0.1) is 0 Å². The first-order valence-electron chi connectivity index (χ1n) is 18.6. The lowest BCUT2D eigenvalue weighted by Gasteiger charge is -2.33. The van der Waals surface area contributed by atoms with Crippen molar-refractivity contribution in [1.29, 1.82) is 0 Å². The first-order chi connectivity index (χ1) is 26.1. The van der Waals surface area contributed by atoms with E-state index in [4.69, 9.17) is 0 Å². The number of rotatable bonds is 3. The van der Waals surface area contributed by atoms with E-state index in [1.165, 1.54) is 104 Å². The largest absolute Gasteiger partial charge is 0.308 e. The number of aromatic nitrogens is 1. The van der Waals surface area contributed by atoms with Crippen molar-refractivity contribution >= 4 is 87.5 Å². The quantitative estimate of drug-likeness (QED) is 0.169. The molecule has 2 heteroatoms. The van der Waals surface area contributed by atoms with E-state index in [0.29, 0.717) is 0 Å². The first-order valence-corrected chi connectivity index (χ1v) is 18.6. The van der Waals surface area contributed by atoms with Crippen molar-refractivity contribution in [2.45, 2.75) is 19.3 Å². The Morgan fingerprint density at radius 2 is 0.906 bits per heavy atom. The van der Waals surface area contributed by atoms with Crippen LogP contribution < -0.4 is 4.90 Å². The molecule has 12 rings (SSSR count). The van der Waals surface area contributed by atoms with Gasteiger partial charge in [0, 0.05) is 32.6 Å². The molecule has 0 radical (unpaired) electrons. The zero-order chi connectivity index (χ0) is 35.0. The van der Waals surface area contributed by atoms with Gasteiger partial charge in [-0.1, -0.05) is 153 Å². The van der Waals surface area contributed by atoms with Gasteiger partial charge < -0.3 is 9.30 Å². The molecule has 0 fully saturated rings. The Labute approximate surface area is 307 Å². The van der Waals surface area contributed by atoms with Gasteiger partial charge in [0.25, 0.3) is 0 Å². The summed E-state index contributed by atoms with van der Waals surface area (Å²) in [5.41, 5.74) is 12.5. The van der Waals surface area contributed by atoms with Gasteiger partial charge in [0.05, 0.1) is 27.9 Å². The average Bonchev–Trinajstić information content (AvgIpc) is 3.82. The lowest BCUT2D eigenvalue weighted by molar-refractivity contribution is 0.661. The predicted octanol–water partition coefficient (Wildman–Crippen LogP) is 14.1. The smallest absolute Gasteiger partial charge is 0.0782 e. The number of benzene rings is 9. The Hall–Kier alpha value is -6.64. The summed E-state index contributed by atoms with van der Waals surface area (Å²) in [4.78, 5) is 2.57. The van der Waals surface area contributed by atoms with E-state index >= 15 is 0 Å². The topological polar surface area (TPSA) is 7.65 Å². The summed E-state index contributed by atoms with van der Waals surface area (Å²) in [6.07, 6.45) is 0. The molecule has 2 aromatic heterocycles. The number of hydrogen-bond donors (Lipinski definition) is 0. The van der Waals surface area contributed by atoms with Gasteiger partial charge in [-0.2, -0.15) is 0 Å². The molecule has 1 aliphatic carbocycles. The molecule has 2 nitrogen and oxygen atoms in total. The van der Waals surface area contributed by atoms with Crippen LogP contribution in [0.5, 0.6) is 0 Å². The van der Waals surface area contributed by atoms with E-state index in [0.717, 1.165) is 5.69 Å². The highest BCUT2D eigenvalue weighted by atomic mass is 15.2. The molecule has 248 valence electrons. The van der Waals surface area contributed by atoms with Crippen molar-refractivity contribution in [2.24, 2.45) is 0 Å². The average molecular weight is 675 g/mol. The number of fused-ring (bicyclic) bond motifs is 15. The highest BCUT2D eigenvalue weighted by molar-refractivity contribution is 6.27. The number of anilines is 3. The standard InChI is InChI=1S/C51H34N2/c1-51(2)44-24-9-7-18-37(44)39-20-12-26-46(48(39)51)52(31-28-29-36-34-16-4-3-14-32(34)33-15-5-6-17-35(33)43(36)30-31)47-27-13-23-42-41-22-11-21-40-38-19-8-10-25-45(38)53(49(40)41)50(42)47/h3-30H,1-2H3. The van der Waals surface area contributed by atoms with E-state index in [2.05, 4.69) is 193 Å². The molecule has 11 aromatic rings. The van der Waals surface area contributed by atoms with Crippen molar-refractivity contribution in [3.05, 3.63) is 181 Å². The summed E-state index contributed by atoms with van der Waals surface area (Å²) in [6.45, 7) is 4.79. The minimum Gasteiger partial charge on any atom is -0.308 e. The van der Waals surface area contributed by atoms with Crippen LogP contribution in [0.2, 0.25) is 0 Å². The van der Waals surface area contributed by atoms with E-state index in [-0.39, 0.29) is 5.41 Å². The molecule has 0 spiro atoms. The van der Waals surface area contributed by atoms with Crippen LogP contribution in [-0.2, 0) is 5.41 Å². The lowest BCUT2D eigenvalue weighted by atomic mass is 9.81. The summed E-state index contributed by atoms with van der Waals surface area (Å²) in [5.74, 6) is 0. The molecule has 0 amide bonds. The van der Waals surface area contributed by atoms with Crippen LogP contribution in [-0.4, -0.2) is 4.40 Å². The van der Waals surface area contributed by atoms with E-state index < -0.39 is 0 Å². The Bertz CT molecular complexity index is 3290. The summed E-state index contributed by atoms with van der Waals surface area (Å²) < 4.78 is 2.53. The molecule has 1 aliphatic rings. The van der Waals surface area contributed by atoms with E-state index in [1.807, 2.05) is 0 Å². The van der Waals surface area contributed by atoms with Gasteiger partial charge in [-0.3, -0.25) is 0 Å². The summed E-state index contributed by atoms with van der Waals surface area (Å²) in [5, 5.41) is 12.8. The minimum atomic E-state index is -0.200. The molecule has 53 heavy (non-hydrogen) atoms. The van der Waals surface area contributed by atoms with Crippen molar-refractivity contribution in [3.8, 4) is 11.1 Å². The zero-order valence-electron chi connectivity index (χ0n) is 29.6. The highest BCUT2D eigenvalue weighted by Crippen LogP contribution is 2.55. The van der Waals surface area contributed by atoms with Crippen molar-refractivity contribution in [2.75, 3.05) is 4.90 Å². The molecule has 0 N–H and O–H groups in total. The van der Waals surface area contributed by atoms with Crippen LogP contribution in [0.1, 0.15) is 25.0 Å². The molecule has 0 bridgehead atoms. The number of hydrogen-bond acceptors (Lipinski definition) is 1. The minimum absolute atomic E-state index is 0.200. The second-order valence-corrected chi connectivity index (χ2v) is 15.3. The maximum absolute atomic E-state index is 2.57. The van der Waals surface area contributed by atoms with Crippen LogP contribution >= 0.6 is 0 Å². The van der Waals surface area contributed by atoms with Gasteiger partial charge >= 0.3 is 0 Å². The van der Waals surface area contributed by atoms with Gasteiger partial charge in [0.1, 0.15) is 0 Å². The van der Waals surface area contributed by atoms with Crippen molar-refractivity contribution in [1.82, 2.24) is 4.40 Å². The third kappa shape index (κ3) is 3.67. The number of para-hydroxylation sites is 3. The van der Waals surface area contributed by atoms with Gasteiger partial charge in [0.2, 0.25) is 0 Å². The van der Waals surface area contributed by atoms with E-state index in [9.17, 15) is 0 Å². The fraction of sp³-hybridized carbons (Fsp3) is 0.0588.